The van der Waals surface area contributed by atoms with Crippen molar-refractivity contribution in [2.45, 2.75) is 11.8 Å². The molecule has 0 heterocycles. The quantitative estimate of drug-likeness (QED) is 0.493. The van der Waals surface area contributed by atoms with Gasteiger partial charge in [-0.25, -0.2) is 10.2 Å². The van der Waals surface area contributed by atoms with E-state index in [2.05, 4.69) is 5.10 Å². The molecule has 0 aliphatic heterocycles. The largest absolute Gasteiger partial charge is 0.378 e. The number of carbonyl (C=O) groups excluding carboxylic acids is 1. The highest BCUT2D eigenvalue weighted by Crippen LogP contribution is 2.22. The Morgan fingerprint density at radius 3 is 2.48 bits per heavy atom. The average Bonchev–Trinajstić information content (AvgIpc) is 2.49. The van der Waals surface area contributed by atoms with Crippen molar-refractivity contribution in [1.82, 2.24) is 5.43 Å². The number of nitrogens with one attached hydrogen (secondary N) is 1. The molecule has 0 radical (unpaired) electrons. The number of hydrogen-bond acceptors (Lipinski definition) is 5. The van der Waals surface area contributed by atoms with Gasteiger partial charge in [-0.2, -0.15) is 13.5 Å². The number of nitrogens with two attached hydrogens (primary N) is 1. The van der Waals surface area contributed by atoms with Crippen LogP contribution in [-0.2, 0) is 10.1 Å². The van der Waals surface area contributed by atoms with Crippen LogP contribution in [0.4, 0.5) is 4.79 Å². The van der Waals surface area contributed by atoms with Crippen molar-refractivity contribution in [3.05, 3.63) is 59.7 Å². The minimum atomic E-state index is -3.97. The fourth-order valence-corrected chi connectivity index (χ4v) is 2.65. The molecule has 0 spiro atoms. The smallest absolute Gasteiger partial charge is 0.339 e. The van der Waals surface area contributed by atoms with E-state index in [0.29, 0.717) is 5.56 Å². The molecule has 120 valence electrons. The lowest BCUT2D eigenvalue weighted by atomic mass is 10.2. The van der Waals surface area contributed by atoms with Gasteiger partial charge >= 0.3 is 16.1 Å². The summed E-state index contributed by atoms with van der Waals surface area (Å²) in [6.45, 7) is 1.86. The second-order valence-corrected chi connectivity index (χ2v) is 6.17. The first-order valence-electron chi connectivity index (χ1n) is 6.57. The Labute approximate surface area is 133 Å². The molecule has 2 aromatic carbocycles. The van der Waals surface area contributed by atoms with Gasteiger partial charge < -0.3 is 9.92 Å². The first-order chi connectivity index (χ1) is 10.9. The third kappa shape index (κ3) is 4.55. The summed E-state index contributed by atoms with van der Waals surface area (Å²) in [4.78, 5) is 10.6. The summed E-state index contributed by atoms with van der Waals surface area (Å²) < 4.78 is 29.7. The third-order valence-electron chi connectivity index (χ3n) is 2.81. The average molecular weight is 333 g/mol. The van der Waals surface area contributed by atoms with E-state index in [-0.39, 0.29) is 10.6 Å². The Morgan fingerprint density at radius 1 is 1.17 bits per heavy atom. The molecule has 23 heavy (non-hydrogen) atoms. The van der Waals surface area contributed by atoms with Gasteiger partial charge in [-0.3, -0.25) is 0 Å². The lowest BCUT2D eigenvalue weighted by Crippen LogP contribution is -2.24. The number of nitrogens with zero attached hydrogens (tertiary/aromatic N) is 1. The van der Waals surface area contributed by atoms with E-state index in [1.807, 2.05) is 12.3 Å². The van der Waals surface area contributed by atoms with E-state index in [1.54, 1.807) is 30.3 Å². The van der Waals surface area contributed by atoms with E-state index in [0.717, 1.165) is 5.56 Å². The minimum absolute atomic E-state index is 0.0464. The number of amides is 2. The van der Waals surface area contributed by atoms with Crippen LogP contribution in [0.1, 0.15) is 11.1 Å². The molecule has 0 unspecified atom stereocenters. The summed E-state index contributed by atoms with van der Waals surface area (Å²) in [5, 5.41) is 3.59. The normalized spacial score (nSPS) is 11.3. The maximum absolute atomic E-state index is 12.3. The highest BCUT2D eigenvalue weighted by molar-refractivity contribution is 7.87. The molecule has 2 aromatic rings. The maximum atomic E-state index is 12.3. The van der Waals surface area contributed by atoms with Crippen molar-refractivity contribution < 1.29 is 17.4 Å². The molecule has 0 aromatic heterocycles. The van der Waals surface area contributed by atoms with Crippen LogP contribution in [0, 0.1) is 6.92 Å². The van der Waals surface area contributed by atoms with Crippen molar-refractivity contribution in [3.63, 3.8) is 0 Å². The summed E-state index contributed by atoms with van der Waals surface area (Å²) in [7, 11) is -3.97. The Morgan fingerprint density at radius 2 is 1.83 bits per heavy atom. The number of carbonyl (C=O) groups is 1. The van der Waals surface area contributed by atoms with Gasteiger partial charge in [0, 0.05) is 5.56 Å². The third-order valence-corrected chi connectivity index (χ3v) is 4.06. The summed E-state index contributed by atoms with van der Waals surface area (Å²) in [5.41, 5.74) is 8.23. The molecule has 0 saturated carbocycles. The first-order valence-corrected chi connectivity index (χ1v) is 7.98. The Kier molecular flexibility index (Phi) is 4.97. The zero-order valence-corrected chi connectivity index (χ0v) is 13.1. The highest BCUT2D eigenvalue weighted by atomic mass is 32.2. The SMILES string of the molecule is Cc1ccc(S(=O)(=O)Oc2ccccc2/C=N/NC(N)=O)cc1. The number of benzene rings is 2. The van der Waals surface area contributed by atoms with Crippen LogP contribution in [0.25, 0.3) is 0 Å². The molecule has 0 bridgehead atoms. The molecule has 0 fully saturated rings. The van der Waals surface area contributed by atoms with Crippen molar-refractivity contribution in [2.24, 2.45) is 10.8 Å². The number of aryl methyl sites for hydroxylation is 1. The molecule has 2 rings (SSSR count). The van der Waals surface area contributed by atoms with Crippen molar-refractivity contribution in [1.29, 1.82) is 0 Å². The van der Waals surface area contributed by atoms with Crippen molar-refractivity contribution >= 4 is 22.4 Å². The second kappa shape index (κ2) is 6.93. The number of hydrazone groups is 1. The summed E-state index contributed by atoms with van der Waals surface area (Å²) in [6, 6.07) is 11.8. The Balaban J connectivity index is 2.27. The fraction of sp³-hybridized carbons (Fsp3) is 0.0667. The molecule has 7 nitrogen and oxygen atoms in total. The lowest BCUT2D eigenvalue weighted by Gasteiger charge is -2.09. The number of primary amides is 1. The molecule has 0 aliphatic carbocycles. The molecule has 0 atom stereocenters. The van der Waals surface area contributed by atoms with Crippen LogP contribution in [0.15, 0.2) is 58.5 Å². The summed E-state index contributed by atoms with van der Waals surface area (Å²) >= 11 is 0. The van der Waals surface area contributed by atoms with Crippen LogP contribution in [0.2, 0.25) is 0 Å². The monoisotopic (exact) mass is 333 g/mol. The first kappa shape index (κ1) is 16.5. The second-order valence-electron chi connectivity index (χ2n) is 4.62. The van der Waals surface area contributed by atoms with Crippen LogP contribution >= 0.6 is 0 Å². The van der Waals surface area contributed by atoms with Crippen LogP contribution in [-0.4, -0.2) is 20.7 Å². The lowest BCUT2D eigenvalue weighted by molar-refractivity contribution is 0.249. The molecule has 3 N–H and O–H groups in total. The molecular formula is C15H15N3O4S. The standard InChI is InChI=1S/C15H15N3O4S/c1-11-6-8-13(9-7-11)23(20,21)22-14-5-3-2-4-12(14)10-17-18-15(16)19/h2-10H,1H3,(H3,16,18,19)/b17-10+. The summed E-state index contributed by atoms with van der Waals surface area (Å²) in [6.07, 6.45) is 1.24. The van der Waals surface area contributed by atoms with Gasteiger partial charge in [0.25, 0.3) is 0 Å². The van der Waals surface area contributed by atoms with Crippen LogP contribution in [0.3, 0.4) is 0 Å². The van der Waals surface area contributed by atoms with E-state index in [4.69, 9.17) is 9.92 Å². The molecule has 8 heteroatoms. The molecule has 0 saturated heterocycles. The molecule has 0 aliphatic rings. The van der Waals surface area contributed by atoms with E-state index >= 15 is 0 Å². The predicted octanol–water partition coefficient (Wildman–Crippen LogP) is 1.76. The molecule has 2 amide bonds. The Bertz CT molecular complexity index is 830. The fourth-order valence-electron chi connectivity index (χ4n) is 1.70. The zero-order chi connectivity index (χ0) is 16.9. The number of para-hydroxylation sites is 1. The van der Waals surface area contributed by atoms with Crippen LogP contribution < -0.4 is 15.3 Å². The van der Waals surface area contributed by atoms with Gasteiger partial charge in [0.05, 0.1) is 6.21 Å². The zero-order valence-electron chi connectivity index (χ0n) is 12.3. The van der Waals surface area contributed by atoms with Gasteiger partial charge in [0.2, 0.25) is 0 Å². The van der Waals surface area contributed by atoms with Gasteiger partial charge in [0.15, 0.2) is 5.75 Å². The van der Waals surface area contributed by atoms with Gasteiger partial charge in [-0.1, -0.05) is 29.8 Å². The number of hydrogen-bond donors (Lipinski definition) is 2. The van der Waals surface area contributed by atoms with Crippen molar-refractivity contribution in [3.8, 4) is 5.75 Å². The predicted molar refractivity (Wildman–Crippen MR) is 85.7 cm³/mol. The van der Waals surface area contributed by atoms with Gasteiger partial charge in [-0.05, 0) is 31.2 Å². The molecular weight excluding hydrogens is 318 g/mol. The topological polar surface area (TPSA) is 111 Å². The highest BCUT2D eigenvalue weighted by Gasteiger charge is 2.17. The Hall–Kier alpha value is -2.87. The number of rotatable bonds is 5. The number of urea groups is 1. The van der Waals surface area contributed by atoms with E-state index in [1.165, 1.54) is 24.4 Å². The van der Waals surface area contributed by atoms with Crippen molar-refractivity contribution in [2.75, 3.05) is 0 Å². The minimum Gasteiger partial charge on any atom is -0.378 e. The van der Waals surface area contributed by atoms with E-state index < -0.39 is 16.1 Å². The maximum Gasteiger partial charge on any atom is 0.339 e. The van der Waals surface area contributed by atoms with E-state index in [9.17, 15) is 13.2 Å². The van der Waals surface area contributed by atoms with Gasteiger partial charge in [-0.15, -0.1) is 0 Å². The summed E-state index contributed by atoms with van der Waals surface area (Å²) in [5.74, 6) is 0.0862. The van der Waals surface area contributed by atoms with Crippen LogP contribution in [0.5, 0.6) is 5.75 Å². The van der Waals surface area contributed by atoms with Gasteiger partial charge in [0.1, 0.15) is 4.90 Å².